The van der Waals surface area contributed by atoms with Gasteiger partial charge >= 0.3 is 5.97 Å². The first-order chi connectivity index (χ1) is 8.52. The first kappa shape index (κ1) is 14.1. The summed E-state index contributed by atoms with van der Waals surface area (Å²) in [5, 5.41) is 11.3. The van der Waals surface area contributed by atoms with E-state index in [0.29, 0.717) is 5.56 Å². The monoisotopic (exact) mass is 255 g/mol. The Morgan fingerprint density at radius 1 is 1.39 bits per heavy atom. The van der Waals surface area contributed by atoms with Crippen LogP contribution in [0.3, 0.4) is 0 Å². The minimum atomic E-state index is -1.05. The first-order valence-electron chi connectivity index (χ1n) is 5.28. The van der Waals surface area contributed by atoms with Crippen molar-refractivity contribution in [2.24, 2.45) is 0 Å². The molecule has 0 saturated heterocycles. The summed E-state index contributed by atoms with van der Waals surface area (Å²) in [5.74, 6) is -1.90. The zero-order valence-electron chi connectivity index (χ0n) is 9.85. The number of carboxylic acid groups (broad SMARTS) is 1. The van der Waals surface area contributed by atoms with Crippen LogP contribution in [0.25, 0.3) is 0 Å². The Labute approximate surface area is 104 Å². The molecule has 0 aromatic heterocycles. The van der Waals surface area contributed by atoms with Gasteiger partial charge in [-0.25, -0.2) is 4.39 Å². The van der Waals surface area contributed by atoms with E-state index in [0.717, 1.165) is 0 Å². The first-order valence-corrected chi connectivity index (χ1v) is 5.28. The Balaban J connectivity index is 2.80. The lowest BCUT2D eigenvalue weighted by atomic mass is 10.0. The smallest absolute Gasteiger partial charge is 0.305 e. The van der Waals surface area contributed by atoms with Crippen LogP contribution < -0.4 is 5.32 Å². The molecule has 0 heterocycles. The number of rotatable bonds is 6. The highest BCUT2D eigenvalue weighted by atomic mass is 19.1. The molecule has 0 aliphatic heterocycles. The summed E-state index contributed by atoms with van der Waals surface area (Å²) < 4.78 is 17.4. The summed E-state index contributed by atoms with van der Waals surface area (Å²) in [6.07, 6.45) is -0.277. The van der Waals surface area contributed by atoms with Crippen molar-refractivity contribution in [1.82, 2.24) is 5.32 Å². The second-order valence-electron chi connectivity index (χ2n) is 3.70. The van der Waals surface area contributed by atoms with Crippen LogP contribution in [0.2, 0.25) is 0 Å². The van der Waals surface area contributed by atoms with Crippen LogP contribution in [0, 0.1) is 5.82 Å². The molecule has 0 radical (unpaired) electrons. The number of carbonyl (C=O) groups excluding carboxylic acids is 1. The van der Waals surface area contributed by atoms with Crippen LogP contribution in [-0.2, 0) is 14.3 Å². The average molecular weight is 255 g/mol. The lowest BCUT2D eigenvalue weighted by Gasteiger charge is -2.17. The van der Waals surface area contributed by atoms with E-state index in [-0.39, 0.29) is 13.0 Å². The van der Waals surface area contributed by atoms with Crippen molar-refractivity contribution in [1.29, 1.82) is 0 Å². The quantitative estimate of drug-likeness (QED) is 0.798. The minimum absolute atomic E-state index is 0.155. The van der Waals surface area contributed by atoms with Crippen molar-refractivity contribution in [2.45, 2.75) is 12.5 Å². The van der Waals surface area contributed by atoms with Crippen molar-refractivity contribution in [3.05, 3.63) is 35.6 Å². The van der Waals surface area contributed by atoms with E-state index in [4.69, 9.17) is 5.11 Å². The van der Waals surface area contributed by atoms with Crippen LogP contribution in [0.5, 0.6) is 0 Å². The van der Waals surface area contributed by atoms with Gasteiger partial charge in [0.2, 0.25) is 5.91 Å². The molecule has 0 spiro atoms. The Kier molecular flexibility index (Phi) is 5.26. The summed E-state index contributed by atoms with van der Waals surface area (Å²) >= 11 is 0. The molecular weight excluding hydrogens is 241 g/mol. The zero-order chi connectivity index (χ0) is 13.5. The van der Waals surface area contributed by atoms with Crippen molar-refractivity contribution in [3.8, 4) is 0 Å². The van der Waals surface area contributed by atoms with Crippen LogP contribution in [0.1, 0.15) is 18.0 Å². The number of amides is 1. The Bertz CT molecular complexity index is 419. The molecule has 2 N–H and O–H groups in total. The Morgan fingerprint density at radius 3 is 2.50 bits per heavy atom. The number of carbonyl (C=O) groups is 2. The summed E-state index contributed by atoms with van der Waals surface area (Å²) in [5.41, 5.74) is 0.531. The number of methoxy groups -OCH3 is 1. The summed E-state index contributed by atoms with van der Waals surface area (Å²) in [7, 11) is 1.36. The molecule has 18 heavy (non-hydrogen) atoms. The maximum absolute atomic E-state index is 12.8. The third-order valence-corrected chi connectivity index (χ3v) is 2.26. The van der Waals surface area contributed by atoms with Gasteiger partial charge in [0.05, 0.1) is 12.5 Å². The predicted octanol–water partition coefficient (Wildman–Crippen LogP) is 1.10. The second-order valence-corrected chi connectivity index (χ2v) is 3.70. The number of ether oxygens (including phenoxy) is 1. The summed E-state index contributed by atoms with van der Waals surface area (Å²) in [6, 6.07) is 4.61. The fraction of sp³-hybridized carbons (Fsp3) is 0.333. The molecule has 0 fully saturated rings. The standard InChI is InChI=1S/C12H14FNO4/c1-18-7-11(15)14-10(6-12(16)17)8-2-4-9(13)5-3-8/h2-5,10H,6-7H2,1H3,(H,14,15)(H,16,17)/t10-/m0/s1. The van der Waals surface area contributed by atoms with Crippen molar-refractivity contribution in [2.75, 3.05) is 13.7 Å². The van der Waals surface area contributed by atoms with Crippen molar-refractivity contribution >= 4 is 11.9 Å². The third kappa shape index (κ3) is 4.50. The highest BCUT2D eigenvalue weighted by molar-refractivity contribution is 5.78. The van der Waals surface area contributed by atoms with E-state index >= 15 is 0 Å². The van der Waals surface area contributed by atoms with E-state index in [1.165, 1.54) is 31.4 Å². The molecule has 1 atom stereocenters. The number of hydrogen-bond donors (Lipinski definition) is 2. The largest absolute Gasteiger partial charge is 0.481 e. The molecule has 1 aromatic rings. The van der Waals surface area contributed by atoms with Gasteiger partial charge in [-0.15, -0.1) is 0 Å². The lowest BCUT2D eigenvalue weighted by Crippen LogP contribution is -2.32. The van der Waals surface area contributed by atoms with Gasteiger partial charge in [-0.1, -0.05) is 12.1 Å². The number of aliphatic carboxylic acids is 1. The van der Waals surface area contributed by atoms with Gasteiger partial charge in [-0.2, -0.15) is 0 Å². The van der Waals surface area contributed by atoms with Crippen LogP contribution in [0.4, 0.5) is 4.39 Å². The molecule has 0 bridgehead atoms. The number of nitrogens with one attached hydrogen (secondary N) is 1. The van der Waals surface area contributed by atoms with Gasteiger partial charge in [0.15, 0.2) is 0 Å². The molecule has 0 aliphatic rings. The van der Waals surface area contributed by atoms with E-state index < -0.39 is 23.7 Å². The fourth-order valence-corrected chi connectivity index (χ4v) is 1.49. The SMILES string of the molecule is COCC(=O)N[C@@H](CC(=O)O)c1ccc(F)cc1. The molecule has 5 nitrogen and oxygen atoms in total. The molecule has 0 unspecified atom stereocenters. The van der Waals surface area contributed by atoms with E-state index in [9.17, 15) is 14.0 Å². The van der Waals surface area contributed by atoms with Crippen LogP contribution >= 0.6 is 0 Å². The van der Waals surface area contributed by atoms with Gasteiger partial charge in [-0.3, -0.25) is 9.59 Å². The molecule has 1 aromatic carbocycles. The fourth-order valence-electron chi connectivity index (χ4n) is 1.49. The zero-order valence-corrected chi connectivity index (χ0v) is 9.85. The number of benzene rings is 1. The molecule has 1 rings (SSSR count). The second kappa shape index (κ2) is 6.70. The molecule has 6 heteroatoms. The Hall–Kier alpha value is -1.95. The molecule has 0 saturated carbocycles. The number of halogens is 1. The summed E-state index contributed by atoms with van der Waals surface area (Å²) in [6.45, 7) is -0.155. The van der Waals surface area contributed by atoms with E-state index in [1.54, 1.807) is 0 Å². The maximum atomic E-state index is 12.8. The van der Waals surface area contributed by atoms with Gasteiger partial charge in [-0.05, 0) is 17.7 Å². The Morgan fingerprint density at radius 2 is 2.00 bits per heavy atom. The predicted molar refractivity (Wildman–Crippen MR) is 61.4 cm³/mol. The van der Waals surface area contributed by atoms with Gasteiger partial charge < -0.3 is 15.2 Å². The minimum Gasteiger partial charge on any atom is -0.481 e. The normalized spacial score (nSPS) is 11.9. The highest BCUT2D eigenvalue weighted by Gasteiger charge is 2.17. The molecule has 1 amide bonds. The van der Waals surface area contributed by atoms with Gasteiger partial charge in [0.25, 0.3) is 0 Å². The van der Waals surface area contributed by atoms with Gasteiger partial charge in [0, 0.05) is 7.11 Å². The summed E-state index contributed by atoms with van der Waals surface area (Å²) in [4.78, 5) is 22.1. The van der Waals surface area contributed by atoms with Gasteiger partial charge in [0.1, 0.15) is 12.4 Å². The topological polar surface area (TPSA) is 75.6 Å². The third-order valence-electron chi connectivity index (χ3n) is 2.26. The maximum Gasteiger partial charge on any atom is 0.305 e. The highest BCUT2D eigenvalue weighted by Crippen LogP contribution is 2.17. The molecule has 98 valence electrons. The average Bonchev–Trinajstić information content (AvgIpc) is 2.28. The lowest BCUT2D eigenvalue weighted by molar-refractivity contribution is -0.137. The van der Waals surface area contributed by atoms with Crippen LogP contribution in [-0.4, -0.2) is 30.7 Å². The van der Waals surface area contributed by atoms with Crippen LogP contribution in [0.15, 0.2) is 24.3 Å². The van der Waals surface area contributed by atoms with Crippen molar-refractivity contribution < 1.29 is 23.8 Å². The number of carboxylic acids is 1. The van der Waals surface area contributed by atoms with Crippen molar-refractivity contribution in [3.63, 3.8) is 0 Å². The van der Waals surface area contributed by atoms with E-state index in [1.807, 2.05) is 0 Å². The molecule has 0 aliphatic carbocycles. The number of hydrogen-bond acceptors (Lipinski definition) is 3. The van der Waals surface area contributed by atoms with E-state index in [2.05, 4.69) is 10.1 Å². The molecular formula is C12H14FNO4.